The molecule has 0 unspecified atom stereocenters. The fraction of sp³-hybridized carbons (Fsp3) is 0.429. The smallest absolute Gasteiger partial charge is 0.232 e. The fourth-order valence-electron chi connectivity index (χ4n) is 3.91. The molecule has 1 aromatic carbocycles. The van der Waals surface area contributed by atoms with E-state index >= 15 is 0 Å². The number of aromatic nitrogens is 2. The molecule has 1 atom stereocenters. The maximum Gasteiger partial charge on any atom is 0.232 e. The minimum absolute atomic E-state index is 0.0216. The summed E-state index contributed by atoms with van der Waals surface area (Å²) in [5.41, 5.74) is 7.26. The molecule has 0 radical (unpaired) electrons. The number of hydrogen-bond acceptors (Lipinski definition) is 7. The Kier molecular flexibility index (Phi) is 5.69. The lowest BCUT2D eigenvalue weighted by molar-refractivity contribution is -0.123. The molecule has 1 aromatic heterocycles. The van der Waals surface area contributed by atoms with Crippen molar-refractivity contribution in [1.29, 1.82) is 0 Å². The maximum absolute atomic E-state index is 13.1. The summed E-state index contributed by atoms with van der Waals surface area (Å²) >= 11 is 0. The van der Waals surface area contributed by atoms with E-state index in [0.29, 0.717) is 35.4 Å². The monoisotopic (exact) mass is 410 g/mol. The number of ether oxygens (including phenoxy) is 1. The van der Waals surface area contributed by atoms with Crippen molar-refractivity contribution in [2.24, 2.45) is 0 Å². The van der Waals surface area contributed by atoms with Crippen molar-refractivity contribution >= 4 is 35.1 Å². The lowest BCUT2D eigenvalue weighted by atomic mass is 9.91. The highest BCUT2D eigenvalue weighted by molar-refractivity contribution is 6.06. The van der Waals surface area contributed by atoms with E-state index in [9.17, 15) is 9.59 Å². The topological polar surface area (TPSA) is 122 Å². The Labute approximate surface area is 175 Å². The van der Waals surface area contributed by atoms with Crippen LogP contribution in [0.3, 0.4) is 0 Å². The van der Waals surface area contributed by atoms with Crippen molar-refractivity contribution < 1.29 is 14.3 Å². The Bertz CT molecular complexity index is 958. The number of hydrogen-bond donors (Lipinski definition) is 3. The normalized spacial score (nSPS) is 18.4. The molecule has 2 aliphatic heterocycles. The molecule has 0 saturated carbocycles. The second-order valence-electron chi connectivity index (χ2n) is 7.44. The Morgan fingerprint density at radius 2 is 2.03 bits per heavy atom. The number of amides is 2. The molecule has 2 aromatic rings. The average Bonchev–Trinajstić information content (AvgIpc) is 2.75. The third kappa shape index (κ3) is 4.00. The second-order valence-corrected chi connectivity index (χ2v) is 7.44. The summed E-state index contributed by atoms with van der Waals surface area (Å²) in [4.78, 5) is 36.5. The molecule has 0 aliphatic carbocycles. The zero-order valence-electron chi connectivity index (χ0n) is 17.0. The lowest BCUT2D eigenvalue weighted by Gasteiger charge is -2.30. The number of benzene rings is 1. The number of rotatable bonds is 5. The zero-order valence-corrected chi connectivity index (χ0v) is 17.0. The number of nitrogens with zero attached hydrogens (tertiary/aromatic N) is 3. The van der Waals surface area contributed by atoms with Gasteiger partial charge in [0.15, 0.2) is 0 Å². The second kappa shape index (κ2) is 8.56. The molecular formula is C21H26N6O3. The van der Waals surface area contributed by atoms with E-state index < -0.39 is 5.92 Å². The van der Waals surface area contributed by atoms with Gasteiger partial charge in [0.2, 0.25) is 17.8 Å². The largest absolute Gasteiger partial charge is 0.492 e. The van der Waals surface area contributed by atoms with Gasteiger partial charge in [0.25, 0.3) is 0 Å². The first-order chi connectivity index (χ1) is 14.6. The van der Waals surface area contributed by atoms with E-state index in [2.05, 4.69) is 25.5 Å². The van der Waals surface area contributed by atoms with E-state index in [1.165, 1.54) is 6.42 Å². The van der Waals surface area contributed by atoms with Crippen molar-refractivity contribution in [3.8, 4) is 5.75 Å². The van der Waals surface area contributed by atoms with E-state index in [1.54, 1.807) is 12.1 Å². The number of nitrogen functional groups attached to an aromatic ring is 1. The number of para-hydroxylation sites is 2. The van der Waals surface area contributed by atoms with E-state index in [-0.39, 0.29) is 24.1 Å². The number of carbonyl (C=O) groups is 2. The summed E-state index contributed by atoms with van der Waals surface area (Å²) in [6, 6.07) is 7.18. The fourth-order valence-corrected chi connectivity index (χ4v) is 3.91. The van der Waals surface area contributed by atoms with Gasteiger partial charge in [0.05, 0.1) is 23.8 Å². The van der Waals surface area contributed by atoms with Crippen LogP contribution >= 0.6 is 0 Å². The van der Waals surface area contributed by atoms with Crippen LogP contribution in [0.5, 0.6) is 5.75 Å². The third-order valence-electron chi connectivity index (χ3n) is 5.36. The molecule has 0 bridgehead atoms. The number of anilines is 4. The number of carbonyl (C=O) groups excluding carboxylic acids is 2. The van der Waals surface area contributed by atoms with Gasteiger partial charge in [-0.05, 0) is 38.3 Å². The Morgan fingerprint density at radius 1 is 1.27 bits per heavy atom. The Hall–Kier alpha value is -3.36. The molecule has 158 valence electrons. The molecule has 4 rings (SSSR count). The van der Waals surface area contributed by atoms with Crippen molar-refractivity contribution in [1.82, 2.24) is 9.97 Å². The van der Waals surface area contributed by atoms with Crippen molar-refractivity contribution in [2.75, 3.05) is 41.0 Å². The van der Waals surface area contributed by atoms with Crippen LogP contribution in [-0.4, -0.2) is 41.5 Å². The molecule has 9 nitrogen and oxygen atoms in total. The number of fused-ring (bicyclic) bond motifs is 1. The summed E-state index contributed by atoms with van der Waals surface area (Å²) in [5, 5.41) is 5.63. The van der Waals surface area contributed by atoms with Gasteiger partial charge < -0.3 is 26.0 Å². The van der Waals surface area contributed by atoms with Gasteiger partial charge >= 0.3 is 0 Å². The van der Waals surface area contributed by atoms with Crippen molar-refractivity contribution in [3.05, 3.63) is 29.8 Å². The molecule has 3 heterocycles. The molecule has 0 spiro atoms. The summed E-state index contributed by atoms with van der Waals surface area (Å²) in [6.07, 6.45) is 3.29. The highest BCUT2D eigenvalue weighted by Gasteiger charge is 2.35. The van der Waals surface area contributed by atoms with Gasteiger partial charge in [0.1, 0.15) is 17.4 Å². The van der Waals surface area contributed by atoms with Crippen LogP contribution in [-0.2, 0) is 9.59 Å². The zero-order chi connectivity index (χ0) is 21.1. The summed E-state index contributed by atoms with van der Waals surface area (Å²) in [6.45, 7) is 4.05. The van der Waals surface area contributed by atoms with Gasteiger partial charge in [0, 0.05) is 19.5 Å². The maximum atomic E-state index is 13.1. The first kappa shape index (κ1) is 19.9. The summed E-state index contributed by atoms with van der Waals surface area (Å²) in [7, 11) is 0. The molecular weight excluding hydrogens is 384 g/mol. The van der Waals surface area contributed by atoms with Crippen molar-refractivity contribution in [3.63, 3.8) is 0 Å². The minimum atomic E-state index is -0.779. The van der Waals surface area contributed by atoms with E-state index in [4.69, 9.17) is 10.5 Å². The van der Waals surface area contributed by atoms with Gasteiger partial charge in [-0.3, -0.25) is 9.59 Å². The highest BCUT2D eigenvalue weighted by atomic mass is 16.5. The highest BCUT2D eigenvalue weighted by Crippen LogP contribution is 2.37. The van der Waals surface area contributed by atoms with Gasteiger partial charge in [-0.25, -0.2) is 0 Å². The van der Waals surface area contributed by atoms with Crippen LogP contribution in [0.4, 0.5) is 23.3 Å². The minimum Gasteiger partial charge on any atom is -0.492 e. The van der Waals surface area contributed by atoms with Gasteiger partial charge in [-0.15, -0.1) is 0 Å². The lowest BCUT2D eigenvalue weighted by Crippen LogP contribution is -2.35. The van der Waals surface area contributed by atoms with Crippen LogP contribution < -0.4 is 26.0 Å². The molecule has 2 amide bonds. The van der Waals surface area contributed by atoms with Crippen molar-refractivity contribution in [2.45, 2.75) is 38.5 Å². The molecule has 4 N–H and O–H groups in total. The quantitative estimate of drug-likeness (QED) is 0.692. The standard InChI is InChI=1S/C21H26N6O3/c1-2-30-15-9-5-4-8-14(15)23-20(29)13-12-16(28)24-19-17(13)18(22)25-21(26-19)27-10-6-3-7-11-27/h4-5,8-9,13H,2-3,6-7,10-12H2,1H3,(H,23,29)(H3,22,24,25,26,28)/t13-/m0/s1. The van der Waals surface area contributed by atoms with Crippen LogP contribution in [0.2, 0.25) is 0 Å². The van der Waals surface area contributed by atoms with Gasteiger partial charge in [-0.2, -0.15) is 9.97 Å². The SMILES string of the molecule is CCOc1ccccc1NC(=O)[C@H]1CC(=O)Nc2nc(N3CCCCC3)nc(N)c21. The predicted octanol–water partition coefficient (Wildman–Crippen LogP) is 2.51. The van der Waals surface area contributed by atoms with Crippen LogP contribution in [0.25, 0.3) is 0 Å². The molecule has 1 saturated heterocycles. The summed E-state index contributed by atoms with van der Waals surface area (Å²) < 4.78 is 5.57. The first-order valence-corrected chi connectivity index (χ1v) is 10.3. The number of piperidine rings is 1. The Morgan fingerprint density at radius 3 is 2.80 bits per heavy atom. The van der Waals surface area contributed by atoms with Crippen LogP contribution in [0, 0.1) is 0 Å². The molecule has 30 heavy (non-hydrogen) atoms. The van der Waals surface area contributed by atoms with E-state index in [1.807, 2.05) is 19.1 Å². The predicted molar refractivity (Wildman–Crippen MR) is 115 cm³/mol. The average molecular weight is 410 g/mol. The third-order valence-corrected chi connectivity index (χ3v) is 5.36. The van der Waals surface area contributed by atoms with Crippen LogP contribution in [0.1, 0.15) is 44.1 Å². The first-order valence-electron chi connectivity index (χ1n) is 10.3. The molecule has 2 aliphatic rings. The Balaban J connectivity index is 1.63. The number of nitrogens with two attached hydrogens (primary N) is 1. The van der Waals surface area contributed by atoms with Crippen LogP contribution in [0.15, 0.2) is 24.3 Å². The molecule has 9 heteroatoms. The molecule has 1 fully saturated rings. The summed E-state index contributed by atoms with van der Waals surface area (Å²) in [5.74, 6) is 0.199. The van der Waals surface area contributed by atoms with Gasteiger partial charge in [-0.1, -0.05) is 12.1 Å². The van der Waals surface area contributed by atoms with E-state index in [0.717, 1.165) is 25.9 Å². The number of nitrogens with one attached hydrogen (secondary N) is 2.